The predicted octanol–water partition coefficient (Wildman–Crippen LogP) is 5.44. The fraction of sp³-hybridized carbons (Fsp3) is 0.560. The normalized spacial score (nSPS) is 24.1. The first-order valence-electron chi connectivity index (χ1n) is 11.9. The number of benzene rings is 1. The van der Waals surface area contributed by atoms with E-state index in [1.807, 2.05) is 6.07 Å². The Hall–Kier alpha value is -2.09. The van der Waals surface area contributed by atoms with E-state index in [4.69, 9.17) is 21.3 Å². The molecule has 0 radical (unpaired) electrons. The number of hydrogen-bond donors (Lipinski definition) is 2. The fourth-order valence-electron chi connectivity index (χ4n) is 5.64. The number of aromatic nitrogens is 2. The molecule has 1 spiro atoms. The van der Waals surface area contributed by atoms with E-state index in [1.165, 1.54) is 18.7 Å². The van der Waals surface area contributed by atoms with Gasteiger partial charge in [-0.25, -0.2) is 14.4 Å². The minimum absolute atomic E-state index is 0.203. The molecule has 2 fully saturated rings. The van der Waals surface area contributed by atoms with Gasteiger partial charge in [0, 0.05) is 23.3 Å². The SMILES string of the molecule is CC(C)C1=Nc2c(F)cc(-c3nc(NC4CCOCC4O)ncc3Cl)cc2C12CCCCC2. The van der Waals surface area contributed by atoms with Crippen molar-refractivity contribution in [2.24, 2.45) is 10.9 Å². The number of fused-ring (bicyclic) bond motifs is 2. The third-order valence-corrected chi connectivity index (χ3v) is 7.49. The Morgan fingerprint density at radius 3 is 2.76 bits per heavy atom. The summed E-state index contributed by atoms with van der Waals surface area (Å²) >= 11 is 6.49. The summed E-state index contributed by atoms with van der Waals surface area (Å²) < 4.78 is 20.7. The second-order valence-corrected chi connectivity index (χ2v) is 10.1. The summed E-state index contributed by atoms with van der Waals surface area (Å²) in [6.45, 7) is 5.12. The second-order valence-electron chi connectivity index (χ2n) is 9.72. The monoisotopic (exact) mass is 472 g/mol. The van der Waals surface area contributed by atoms with E-state index in [9.17, 15) is 5.11 Å². The van der Waals surface area contributed by atoms with Crippen molar-refractivity contribution in [1.29, 1.82) is 0 Å². The van der Waals surface area contributed by atoms with Crippen molar-refractivity contribution in [3.8, 4) is 11.3 Å². The average molecular weight is 473 g/mol. The highest BCUT2D eigenvalue weighted by Gasteiger charge is 2.46. The molecule has 1 aromatic heterocycles. The van der Waals surface area contributed by atoms with Crippen LogP contribution in [-0.2, 0) is 10.2 Å². The van der Waals surface area contributed by atoms with Crippen molar-refractivity contribution < 1.29 is 14.2 Å². The smallest absolute Gasteiger partial charge is 0.223 e. The first-order valence-corrected chi connectivity index (χ1v) is 12.3. The van der Waals surface area contributed by atoms with Crippen LogP contribution in [-0.4, -0.2) is 46.1 Å². The van der Waals surface area contributed by atoms with Gasteiger partial charge in [-0.2, -0.15) is 0 Å². The Labute approximate surface area is 198 Å². The van der Waals surface area contributed by atoms with Gasteiger partial charge in [0.2, 0.25) is 5.95 Å². The number of nitrogens with zero attached hydrogens (tertiary/aromatic N) is 3. The molecule has 2 unspecified atom stereocenters. The largest absolute Gasteiger partial charge is 0.389 e. The van der Waals surface area contributed by atoms with Crippen molar-refractivity contribution in [2.45, 2.75) is 69.9 Å². The van der Waals surface area contributed by atoms with Gasteiger partial charge in [-0.15, -0.1) is 0 Å². The molecule has 0 amide bonds. The molecule has 1 aliphatic carbocycles. The van der Waals surface area contributed by atoms with Gasteiger partial charge in [-0.3, -0.25) is 4.99 Å². The van der Waals surface area contributed by atoms with Crippen LogP contribution < -0.4 is 5.32 Å². The van der Waals surface area contributed by atoms with Crippen LogP contribution in [0.15, 0.2) is 23.3 Å². The first kappa shape index (κ1) is 22.7. The van der Waals surface area contributed by atoms with Crippen LogP contribution in [0.4, 0.5) is 16.0 Å². The maximum absolute atomic E-state index is 15.4. The first-order chi connectivity index (χ1) is 15.9. The van der Waals surface area contributed by atoms with E-state index >= 15 is 4.39 Å². The summed E-state index contributed by atoms with van der Waals surface area (Å²) in [5.41, 5.74) is 3.42. The summed E-state index contributed by atoms with van der Waals surface area (Å²) in [5, 5.41) is 13.7. The summed E-state index contributed by atoms with van der Waals surface area (Å²) in [7, 11) is 0. The Bertz CT molecular complexity index is 1080. The Morgan fingerprint density at radius 1 is 1.24 bits per heavy atom. The van der Waals surface area contributed by atoms with Gasteiger partial charge < -0.3 is 15.2 Å². The molecular weight excluding hydrogens is 443 g/mol. The molecule has 1 saturated heterocycles. The van der Waals surface area contributed by atoms with Gasteiger partial charge in [0.15, 0.2) is 0 Å². The maximum Gasteiger partial charge on any atom is 0.223 e. The number of aliphatic hydroxyl groups excluding tert-OH is 1. The van der Waals surface area contributed by atoms with Gasteiger partial charge in [-0.1, -0.05) is 44.7 Å². The lowest BCUT2D eigenvalue weighted by molar-refractivity contribution is -0.0136. The number of aliphatic imine (C=N–C) groups is 1. The lowest BCUT2D eigenvalue weighted by Gasteiger charge is -2.37. The zero-order valence-corrected chi connectivity index (χ0v) is 19.8. The van der Waals surface area contributed by atoms with Crippen LogP contribution in [0.2, 0.25) is 5.02 Å². The molecule has 0 bridgehead atoms. The minimum atomic E-state index is -0.642. The van der Waals surface area contributed by atoms with Crippen LogP contribution in [0.25, 0.3) is 11.3 Å². The number of anilines is 1. The molecule has 3 aliphatic rings. The molecular formula is C25H30ClFN4O2. The van der Waals surface area contributed by atoms with E-state index in [2.05, 4.69) is 29.1 Å². The molecule has 2 atom stereocenters. The molecule has 2 N–H and O–H groups in total. The standard InChI is InChI=1S/C25H30ClFN4O2/c1-14(2)23-25(7-4-3-5-8-25)16-10-15(11-18(27)22(16)30-23)21-17(26)12-28-24(31-21)29-19-6-9-33-13-20(19)32/h10-12,14,19-20,32H,3-9,13H2,1-2H3,(H,28,29,31). The number of aliphatic hydroxyl groups is 1. The Balaban J connectivity index is 1.54. The number of halogens is 2. The lowest BCUT2D eigenvalue weighted by atomic mass is 9.65. The third kappa shape index (κ3) is 4.04. The highest BCUT2D eigenvalue weighted by molar-refractivity contribution is 6.33. The van der Waals surface area contributed by atoms with Crippen molar-refractivity contribution in [3.05, 3.63) is 34.7 Å². The quantitative estimate of drug-likeness (QED) is 0.619. The summed E-state index contributed by atoms with van der Waals surface area (Å²) in [4.78, 5) is 13.7. The molecule has 1 saturated carbocycles. The molecule has 2 aromatic rings. The van der Waals surface area contributed by atoms with Crippen LogP contribution in [0.3, 0.4) is 0 Å². The number of rotatable bonds is 4. The van der Waals surface area contributed by atoms with E-state index in [0.717, 1.165) is 37.0 Å². The van der Waals surface area contributed by atoms with Crippen molar-refractivity contribution in [3.63, 3.8) is 0 Å². The topological polar surface area (TPSA) is 79.6 Å². The van der Waals surface area contributed by atoms with Crippen LogP contribution in [0.5, 0.6) is 0 Å². The van der Waals surface area contributed by atoms with E-state index in [1.54, 1.807) is 0 Å². The molecule has 2 aliphatic heterocycles. The van der Waals surface area contributed by atoms with Crippen LogP contribution in [0.1, 0.15) is 57.9 Å². The van der Waals surface area contributed by atoms with E-state index in [0.29, 0.717) is 40.9 Å². The average Bonchev–Trinajstić information content (AvgIpc) is 3.11. The fourth-order valence-corrected chi connectivity index (χ4v) is 5.84. The predicted molar refractivity (Wildman–Crippen MR) is 128 cm³/mol. The molecule has 8 heteroatoms. The van der Waals surface area contributed by atoms with Gasteiger partial charge in [0.05, 0.1) is 35.7 Å². The summed E-state index contributed by atoms with van der Waals surface area (Å²) in [5.74, 6) is 0.266. The molecule has 3 heterocycles. The van der Waals surface area contributed by atoms with Crippen molar-refractivity contribution >= 4 is 28.9 Å². The third-order valence-electron chi connectivity index (χ3n) is 7.21. The van der Waals surface area contributed by atoms with Crippen LogP contribution in [0, 0.1) is 11.7 Å². The van der Waals surface area contributed by atoms with Gasteiger partial charge >= 0.3 is 0 Å². The molecule has 33 heavy (non-hydrogen) atoms. The molecule has 176 valence electrons. The van der Waals surface area contributed by atoms with Crippen molar-refractivity contribution in [1.82, 2.24) is 9.97 Å². The van der Waals surface area contributed by atoms with Gasteiger partial charge in [-0.05, 0) is 42.9 Å². The zero-order valence-electron chi connectivity index (χ0n) is 19.1. The molecule has 1 aromatic carbocycles. The van der Waals surface area contributed by atoms with Gasteiger partial charge in [0.1, 0.15) is 11.5 Å². The maximum atomic E-state index is 15.4. The molecule has 5 rings (SSSR count). The summed E-state index contributed by atoms with van der Waals surface area (Å²) in [6.07, 6.45) is 6.95. The van der Waals surface area contributed by atoms with Crippen molar-refractivity contribution in [2.75, 3.05) is 18.5 Å². The highest BCUT2D eigenvalue weighted by Crippen LogP contribution is 2.52. The Kier molecular flexibility index (Phi) is 6.14. The summed E-state index contributed by atoms with van der Waals surface area (Å²) in [6, 6.07) is 3.30. The van der Waals surface area contributed by atoms with E-state index < -0.39 is 6.10 Å². The minimum Gasteiger partial charge on any atom is -0.389 e. The number of hydrogen-bond acceptors (Lipinski definition) is 6. The lowest BCUT2D eigenvalue weighted by Crippen LogP contribution is -2.42. The van der Waals surface area contributed by atoms with E-state index in [-0.39, 0.29) is 29.8 Å². The highest BCUT2D eigenvalue weighted by atomic mass is 35.5. The van der Waals surface area contributed by atoms with Crippen LogP contribution >= 0.6 is 11.6 Å². The number of nitrogens with one attached hydrogen (secondary N) is 1. The van der Waals surface area contributed by atoms with Gasteiger partial charge in [0.25, 0.3) is 0 Å². The number of ether oxygens (including phenoxy) is 1. The Morgan fingerprint density at radius 2 is 2.03 bits per heavy atom. The molecule has 6 nitrogen and oxygen atoms in total. The second kappa shape index (κ2) is 8.93. The zero-order chi connectivity index (χ0) is 23.2.